The molecule has 20 heavy (non-hydrogen) atoms. The summed E-state index contributed by atoms with van der Waals surface area (Å²) < 4.78 is 11.8. The van der Waals surface area contributed by atoms with Gasteiger partial charge in [0.1, 0.15) is 12.4 Å². The molecule has 0 aromatic carbocycles. The van der Waals surface area contributed by atoms with Crippen molar-refractivity contribution < 1.29 is 14.3 Å². The van der Waals surface area contributed by atoms with Crippen LogP contribution in [0.1, 0.15) is 30.2 Å². The number of thiophene rings is 1. The molecule has 4 atom stereocenters. The predicted octanol–water partition coefficient (Wildman–Crippen LogP) is 3.09. The molecule has 3 aliphatic rings. The van der Waals surface area contributed by atoms with E-state index in [4.69, 9.17) is 9.47 Å². The zero-order valence-electron chi connectivity index (χ0n) is 11.5. The van der Waals surface area contributed by atoms with Crippen LogP contribution in [-0.2, 0) is 27.3 Å². The van der Waals surface area contributed by atoms with Crippen LogP contribution in [0.5, 0.6) is 0 Å². The monoisotopic (exact) mass is 290 g/mol. The van der Waals surface area contributed by atoms with Crippen LogP contribution in [0.4, 0.5) is 0 Å². The van der Waals surface area contributed by atoms with Gasteiger partial charge >= 0.3 is 0 Å². The van der Waals surface area contributed by atoms with Crippen molar-refractivity contribution in [2.75, 3.05) is 0 Å². The minimum absolute atomic E-state index is 0.0401. The van der Waals surface area contributed by atoms with Gasteiger partial charge in [0.15, 0.2) is 5.78 Å². The zero-order chi connectivity index (χ0) is 13.7. The molecule has 2 aliphatic heterocycles. The maximum Gasteiger partial charge on any atom is 0.165 e. The fourth-order valence-corrected chi connectivity index (χ4v) is 4.60. The van der Waals surface area contributed by atoms with Crippen molar-refractivity contribution in [3.63, 3.8) is 0 Å². The van der Waals surface area contributed by atoms with Gasteiger partial charge in [0, 0.05) is 11.0 Å². The molecule has 2 saturated heterocycles. The van der Waals surface area contributed by atoms with Gasteiger partial charge < -0.3 is 9.47 Å². The molecule has 2 fully saturated rings. The number of allylic oxidation sites excluding steroid dienone is 1. The van der Waals surface area contributed by atoms with Gasteiger partial charge in [-0.1, -0.05) is 6.92 Å². The predicted molar refractivity (Wildman–Crippen MR) is 76.5 cm³/mol. The third-order valence-electron chi connectivity index (χ3n) is 4.71. The van der Waals surface area contributed by atoms with Crippen LogP contribution in [-0.4, -0.2) is 18.0 Å². The number of ether oxygens (including phenoxy) is 2. The Morgan fingerprint density at radius 1 is 1.35 bits per heavy atom. The lowest BCUT2D eigenvalue weighted by Crippen LogP contribution is -2.29. The maximum atomic E-state index is 12.1. The molecule has 0 radical (unpaired) electrons. The van der Waals surface area contributed by atoms with Crippen LogP contribution in [0, 0.1) is 11.8 Å². The van der Waals surface area contributed by atoms with E-state index < -0.39 is 0 Å². The third kappa shape index (κ3) is 1.85. The van der Waals surface area contributed by atoms with Gasteiger partial charge in [-0.25, -0.2) is 0 Å². The highest BCUT2D eigenvalue weighted by molar-refractivity contribution is 7.10. The molecule has 4 rings (SSSR count). The summed E-state index contributed by atoms with van der Waals surface area (Å²) in [6, 6.07) is 2.19. The Kier molecular flexibility index (Phi) is 2.97. The Hall–Kier alpha value is -1.13. The van der Waals surface area contributed by atoms with E-state index in [1.54, 1.807) is 17.4 Å². The first-order valence-electron chi connectivity index (χ1n) is 7.36. The van der Waals surface area contributed by atoms with E-state index in [0.717, 1.165) is 25.0 Å². The van der Waals surface area contributed by atoms with Gasteiger partial charge in [-0.3, -0.25) is 4.79 Å². The number of ketones is 1. The second kappa shape index (κ2) is 4.71. The molecule has 0 N–H and O–H groups in total. The minimum Gasteiger partial charge on any atom is -0.492 e. The first-order chi connectivity index (χ1) is 9.76. The molecular weight excluding hydrogens is 272 g/mol. The molecular formula is C16H18O3S. The molecule has 3 nitrogen and oxygen atoms in total. The Labute approximate surface area is 122 Å². The number of carbonyl (C=O) groups is 1. The summed E-state index contributed by atoms with van der Waals surface area (Å²) in [6.07, 6.45) is 5.22. The number of hydrogen-bond acceptors (Lipinski definition) is 4. The molecule has 106 valence electrons. The van der Waals surface area contributed by atoms with E-state index >= 15 is 0 Å². The smallest absolute Gasteiger partial charge is 0.165 e. The zero-order valence-corrected chi connectivity index (χ0v) is 12.3. The molecule has 3 heterocycles. The van der Waals surface area contributed by atoms with E-state index in [1.165, 1.54) is 10.4 Å². The van der Waals surface area contributed by atoms with Gasteiger partial charge in [-0.05, 0) is 36.3 Å². The van der Waals surface area contributed by atoms with Crippen molar-refractivity contribution in [1.29, 1.82) is 0 Å². The lowest BCUT2D eigenvalue weighted by molar-refractivity contribution is -0.119. The second-order valence-corrected chi connectivity index (χ2v) is 6.85. The average Bonchev–Trinajstić information content (AvgIpc) is 3.19. The standard InChI is InChI=1S/C16H18O3S/c1-2-9-5-10(20-8-9)7-18-14-6-11(17)15-12-3-4-13(19-12)16(14)15/h5-6,8,12-13,15-16H,2-4,7H2,1H3/t12-,13+,15+,16+/m0/s1. The van der Waals surface area contributed by atoms with Gasteiger partial charge in [0.05, 0.1) is 24.0 Å². The van der Waals surface area contributed by atoms with Crippen LogP contribution in [0.15, 0.2) is 23.3 Å². The molecule has 1 aromatic heterocycles. The van der Waals surface area contributed by atoms with E-state index in [-0.39, 0.29) is 29.8 Å². The molecule has 0 saturated carbocycles. The van der Waals surface area contributed by atoms with Crippen molar-refractivity contribution in [2.45, 2.75) is 45.0 Å². The number of aryl methyl sites for hydroxylation is 1. The van der Waals surface area contributed by atoms with Crippen LogP contribution in [0.25, 0.3) is 0 Å². The fraction of sp³-hybridized carbons (Fsp3) is 0.562. The molecule has 2 bridgehead atoms. The molecule has 0 spiro atoms. The Bertz CT molecular complexity index is 574. The Morgan fingerprint density at radius 2 is 2.15 bits per heavy atom. The summed E-state index contributed by atoms with van der Waals surface area (Å²) in [5, 5.41) is 2.18. The fourth-order valence-electron chi connectivity index (χ4n) is 3.71. The molecule has 0 amide bonds. The van der Waals surface area contributed by atoms with Crippen molar-refractivity contribution in [2.24, 2.45) is 11.8 Å². The molecule has 0 unspecified atom stereocenters. The number of fused-ring (bicyclic) bond motifs is 5. The largest absolute Gasteiger partial charge is 0.492 e. The highest BCUT2D eigenvalue weighted by Gasteiger charge is 2.56. The van der Waals surface area contributed by atoms with Crippen LogP contribution in [0.2, 0.25) is 0 Å². The summed E-state index contributed by atoms with van der Waals surface area (Å²) in [6.45, 7) is 2.73. The molecule has 1 aliphatic carbocycles. The van der Waals surface area contributed by atoms with Crippen molar-refractivity contribution >= 4 is 17.1 Å². The first kappa shape index (κ1) is 12.6. The first-order valence-corrected chi connectivity index (χ1v) is 8.24. The lowest BCUT2D eigenvalue weighted by atomic mass is 9.80. The normalized spacial score (nSPS) is 34.5. The highest BCUT2D eigenvalue weighted by Crippen LogP contribution is 2.50. The maximum absolute atomic E-state index is 12.1. The van der Waals surface area contributed by atoms with Crippen LogP contribution in [0.3, 0.4) is 0 Å². The van der Waals surface area contributed by atoms with Crippen LogP contribution >= 0.6 is 11.3 Å². The van der Waals surface area contributed by atoms with E-state index in [2.05, 4.69) is 18.4 Å². The van der Waals surface area contributed by atoms with Gasteiger partial charge in [-0.2, -0.15) is 0 Å². The van der Waals surface area contributed by atoms with Gasteiger partial charge in [0.2, 0.25) is 0 Å². The minimum atomic E-state index is 0.0401. The SMILES string of the molecule is CCc1csc(COC2=CC(=O)[C@H]3[C@@H]2[C@H]2CC[C@@H]3O2)c1. The quantitative estimate of drug-likeness (QED) is 0.855. The van der Waals surface area contributed by atoms with Gasteiger partial charge in [0.25, 0.3) is 0 Å². The van der Waals surface area contributed by atoms with Crippen molar-refractivity contribution in [3.05, 3.63) is 33.7 Å². The van der Waals surface area contributed by atoms with Crippen LogP contribution < -0.4 is 0 Å². The number of hydrogen-bond donors (Lipinski definition) is 0. The topological polar surface area (TPSA) is 35.5 Å². The Morgan fingerprint density at radius 3 is 2.90 bits per heavy atom. The van der Waals surface area contributed by atoms with E-state index in [0.29, 0.717) is 6.61 Å². The average molecular weight is 290 g/mol. The lowest BCUT2D eigenvalue weighted by Gasteiger charge is -2.22. The van der Waals surface area contributed by atoms with Crippen molar-refractivity contribution in [1.82, 2.24) is 0 Å². The Balaban J connectivity index is 1.46. The summed E-state index contributed by atoms with van der Waals surface area (Å²) >= 11 is 1.73. The second-order valence-electron chi connectivity index (χ2n) is 5.85. The van der Waals surface area contributed by atoms with Crippen molar-refractivity contribution in [3.8, 4) is 0 Å². The third-order valence-corrected chi connectivity index (χ3v) is 5.67. The van der Waals surface area contributed by atoms with E-state index in [9.17, 15) is 4.79 Å². The summed E-state index contributed by atoms with van der Waals surface area (Å²) in [5.74, 6) is 1.29. The summed E-state index contributed by atoms with van der Waals surface area (Å²) in [4.78, 5) is 13.3. The van der Waals surface area contributed by atoms with Gasteiger partial charge in [-0.15, -0.1) is 11.3 Å². The number of carbonyl (C=O) groups excluding carboxylic acids is 1. The summed E-state index contributed by atoms with van der Waals surface area (Å²) in [7, 11) is 0. The summed E-state index contributed by atoms with van der Waals surface area (Å²) in [5.41, 5.74) is 1.35. The molecule has 4 heteroatoms. The number of rotatable bonds is 4. The molecule has 1 aromatic rings. The highest BCUT2D eigenvalue weighted by atomic mass is 32.1. The van der Waals surface area contributed by atoms with E-state index in [1.807, 2.05) is 0 Å².